The summed E-state index contributed by atoms with van der Waals surface area (Å²) in [5.74, 6) is -2.58. The van der Waals surface area contributed by atoms with Crippen LogP contribution >= 0.6 is 11.6 Å². The third-order valence-electron chi connectivity index (χ3n) is 10.3. The zero-order valence-electron chi connectivity index (χ0n) is 38.7. The molecule has 0 saturated heterocycles. The molecule has 0 spiro atoms. The first kappa shape index (κ1) is 57.1. The van der Waals surface area contributed by atoms with Crippen LogP contribution in [0.15, 0.2) is 60.7 Å². The standard InChI is InChI=1S/C49H74ClN5O11/c50-35-45(58)51-29-30-52-46(59)38-64-34-32-54-47(60)39-63-33-31-53-43(56)28-27-42(49(62)66-37-41-23-17-14-18-24-41)55-44(57)25-19-11-9-7-5-3-1-2-4-6-8-10-12-20-26-48(61)65-36-40-21-15-13-16-22-40/h13-18,21-24,42H,1-12,19-20,25-39H2,(H,51,58)(H,52,59)(H,53,56)(H,54,60)(H,55,57). The Bertz CT molecular complexity index is 1650. The minimum absolute atomic E-state index is 0.0376. The molecule has 16 nitrogen and oxygen atoms in total. The van der Waals surface area contributed by atoms with Gasteiger partial charge in [0.1, 0.15) is 38.3 Å². The fourth-order valence-corrected chi connectivity index (χ4v) is 6.70. The molecule has 0 heterocycles. The Morgan fingerprint density at radius 1 is 0.455 bits per heavy atom. The molecule has 0 saturated carbocycles. The summed E-state index contributed by atoms with van der Waals surface area (Å²) < 4.78 is 21.4. The largest absolute Gasteiger partial charge is 0.461 e. The van der Waals surface area contributed by atoms with E-state index in [1.165, 1.54) is 44.9 Å². The molecule has 1 atom stereocenters. The molecule has 0 radical (unpaired) electrons. The van der Waals surface area contributed by atoms with Crippen LogP contribution in [0.4, 0.5) is 0 Å². The molecule has 0 aromatic heterocycles. The van der Waals surface area contributed by atoms with E-state index < -0.39 is 17.9 Å². The molecule has 5 N–H and O–H groups in total. The number of esters is 2. The second-order valence-electron chi connectivity index (χ2n) is 16.0. The topological polar surface area (TPSA) is 217 Å². The van der Waals surface area contributed by atoms with E-state index in [1.807, 2.05) is 60.7 Å². The number of benzene rings is 2. The maximum Gasteiger partial charge on any atom is 0.328 e. The minimum atomic E-state index is -0.984. The highest BCUT2D eigenvalue weighted by Crippen LogP contribution is 2.15. The first-order valence-corrected chi connectivity index (χ1v) is 24.2. The van der Waals surface area contributed by atoms with E-state index in [0.717, 1.165) is 49.7 Å². The number of carbonyl (C=O) groups is 7. The summed E-state index contributed by atoms with van der Waals surface area (Å²) in [6.07, 6.45) is 16.2. The van der Waals surface area contributed by atoms with Crippen LogP contribution in [0.5, 0.6) is 0 Å². The first-order valence-electron chi connectivity index (χ1n) is 23.6. The Morgan fingerprint density at radius 2 is 0.879 bits per heavy atom. The Hall–Kier alpha value is -5.06. The molecule has 0 aliphatic carbocycles. The monoisotopic (exact) mass is 944 g/mol. The molecule has 0 aliphatic rings. The van der Waals surface area contributed by atoms with Gasteiger partial charge in [-0.3, -0.25) is 28.8 Å². The maximum atomic E-state index is 13.1. The molecule has 368 valence electrons. The van der Waals surface area contributed by atoms with E-state index in [1.54, 1.807) is 0 Å². The van der Waals surface area contributed by atoms with Gasteiger partial charge in [-0.25, -0.2) is 4.79 Å². The number of hydrogen-bond acceptors (Lipinski definition) is 11. The normalized spacial score (nSPS) is 11.2. The summed E-state index contributed by atoms with van der Waals surface area (Å²) in [5, 5.41) is 13.2. The van der Waals surface area contributed by atoms with Crippen molar-refractivity contribution in [3.8, 4) is 0 Å². The molecule has 2 aromatic carbocycles. The smallest absolute Gasteiger partial charge is 0.328 e. The van der Waals surface area contributed by atoms with Crippen LogP contribution < -0.4 is 26.6 Å². The molecule has 2 aromatic rings. The molecule has 66 heavy (non-hydrogen) atoms. The predicted molar refractivity (Wildman–Crippen MR) is 252 cm³/mol. The van der Waals surface area contributed by atoms with Gasteiger partial charge < -0.3 is 45.5 Å². The van der Waals surface area contributed by atoms with E-state index in [-0.39, 0.29) is 114 Å². The summed E-state index contributed by atoms with van der Waals surface area (Å²) in [5.41, 5.74) is 1.81. The van der Waals surface area contributed by atoms with Crippen LogP contribution in [0.1, 0.15) is 127 Å². The molecule has 0 fully saturated rings. The van der Waals surface area contributed by atoms with E-state index in [0.29, 0.717) is 19.4 Å². The number of amides is 5. The molecule has 0 aliphatic heterocycles. The lowest BCUT2D eigenvalue weighted by Gasteiger charge is -2.18. The van der Waals surface area contributed by atoms with Crippen molar-refractivity contribution in [3.05, 3.63) is 71.8 Å². The van der Waals surface area contributed by atoms with Crippen molar-refractivity contribution in [2.24, 2.45) is 0 Å². The Morgan fingerprint density at radius 3 is 1.38 bits per heavy atom. The first-order chi connectivity index (χ1) is 32.2. The van der Waals surface area contributed by atoms with Crippen molar-refractivity contribution in [1.82, 2.24) is 26.6 Å². The van der Waals surface area contributed by atoms with Crippen LogP contribution in [0.25, 0.3) is 0 Å². The highest BCUT2D eigenvalue weighted by Gasteiger charge is 2.23. The lowest BCUT2D eigenvalue weighted by Crippen LogP contribution is -2.42. The molecule has 2 rings (SSSR count). The molecular formula is C49H74ClN5O11. The lowest BCUT2D eigenvalue weighted by atomic mass is 10.0. The average molecular weight is 945 g/mol. The third-order valence-corrected chi connectivity index (χ3v) is 10.5. The van der Waals surface area contributed by atoms with E-state index in [9.17, 15) is 33.6 Å². The van der Waals surface area contributed by atoms with Gasteiger partial charge in [0, 0.05) is 45.4 Å². The average Bonchev–Trinajstić information content (AvgIpc) is 3.32. The summed E-state index contributed by atoms with van der Waals surface area (Å²) in [6.45, 7) is 0.883. The molecule has 5 amide bonds. The zero-order valence-corrected chi connectivity index (χ0v) is 39.5. The Balaban J connectivity index is 1.50. The number of alkyl halides is 1. The van der Waals surface area contributed by atoms with E-state index in [4.69, 9.17) is 30.5 Å². The van der Waals surface area contributed by atoms with E-state index >= 15 is 0 Å². The summed E-state index contributed by atoms with van der Waals surface area (Å²) in [4.78, 5) is 85.3. The third kappa shape index (κ3) is 32.6. The van der Waals surface area contributed by atoms with Gasteiger partial charge in [0.25, 0.3) is 0 Å². The fraction of sp³-hybridized carbons (Fsp3) is 0.612. The van der Waals surface area contributed by atoms with Gasteiger partial charge in [0.05, 0.1) is 13.2 Å². The van der Waals surface area contributed by atoms with Crippen molar-refractivity contribution < 1.29 is 52.5 Å². The van der Waals surface area contributed by atoms with Gasteiger partial charge in [0.2, 0.25) is 29.5 Å². The number of nitrogens with one attached hydrogen (secondary N) is 5. The van der Waals surface area contributed by atoms with Gasteiger partial charge in [-0.05, 0) is 30.4 Å². The van der Waals surface area contributed by atoms with Gasteiger partial charge in [-0.1, -0.05) is 138 Å². The highest BCUT2D eigenvalue weighted by atomic mass is 35.5. The van der Waals surface area contributed by atoms with Gasteiger partial charge in [-0.2, -0.15) is 0 Å². The lowest BCUT2D eigenvalue weighted by molar-refractivity contribution is -0.149. The number of rotatable bonds is 40. The minimum Gasteiger partial charge on any atom is -0.461 e. The summed E-state index contributed by atoms with van der Waals surface area (Å²) >= 11 is 5.38. The molecule has 1 unspecified atom stereocenters. The molecule has 0 bridgehead atoms. The summed E-state index contributed by atoms with van der Waals surface area (Å²) in [7, 11) is 0. The van der Waals surface area contributed by atoms with Crippen molar-refractivity contribution in [1.29, 1.82) is 0 Å². The van der Waals surface area contributed by atoms with Gasteiger partial charge in [-0.15, -0.1) is 11.6 Å². The van der Waals surface area contributed by atoms with Crippen LogP contribution in [-0.2, 0) is 65.7 Å². The fourth-order valence-electron chi connectivity index (χ4n) is 6.60. The molecular weight excluding hydrogens is 870 g/mol. The second-order valence-corrected chi connectivity index (χ2v) is 16.3. The number of hydrogen-bond donors (Lipinski definition) is 5. The Labute approximate surface area is 396 Å². The van der Waals surface area contributed by atoms with Crippen molar-refractivity contribution in [2.45, 2.75) is 135 Å². The van der Waals surface area contributed by atoms with Gasteiger partial charge >= 0.3 is 11.9 Å². The zero-order chi connectivity index (χ0) is 47.7. The number of unbranched alkanes of at least 4 members (excludes halogenated alkanes) is 13. The SMILES string of the molecule is O=C(CCl)NCCNC(=O)COCCNC(=O)COCCNC(=O)CCC(NC(=O)CCCCCCCCCCCCCCCCC(=O)OCc1ccccc1)C(=O)OCc1ccccc1. The number of ether oxygens (including phenoxy) is 4. The number of halogens is 1. The van der Waals surface area contributed by atoms with Crippen molar-refractivity contribution in [3.63, 3.8) is 0 Å². The van der Waals surface area contributed by atoms with Crippen molar-refractivity contribution in [2.75, 3.05) is 58.5 Å². The summed E-state index contributed by atoms with van der Waals surface area (Å²) in [6, 6.07) is 18.0. The maximum absolute atomic E-state index is 13.1. The van der Waals surface area contributed by atoms with E-state index in [2.05, 4.69) is 26.6 Å². The number of carbonyl (C=O) groups excluding carboxylic acids is 7. The quantitative estimate of drug-likeness (QED) is 0.0310. The molecule has 17 heteroatoms. The predicted octanol–water partition coefficient (Wildman–Crippen LogP) is 5.72. The Kier molecular flexibility index (Phi) is 33.8. The highest BCUT2D eigenvalue weighted by molar-refractivity contribution is 6.27. The van der Waals surface area contributed by atoms with Crippen LogP contribution in [0.2, 0.25) is 0 Å². The second kappa shape index (κ2) is 39.1. The van der Waals surface area contributed by atoms with Crippen LogP contribution in [-0.4, -0.2) is 106 Å². The van der Waals surface area contributed by atoms with Crippen LogP contribution in [0, 0.1) is 0 Å². The van der Waals surface area contributed by atoms with Crippen molar-refractivity contribution >= 4 is 53.1 Å². The van der Waals surface area contributed by atoms with Crippen LogP contribution in [0.3, 0.4) is 0 Å². The van der Waals surface area contributed by atoms with Gasteiger partial charge in [0.15, 0.2) is 0 Å².